The second-order valence-corrected chi connectivity index (χ2v) is 6.49. The van der Waals surface area contributed by atoms with Gasteiger partial charge in [-0.2, -0.15) is 0 Å². The number of carbonyl (C=O) groups excluding carboxylic acids is 1. The molecule has 0 radical (unpaired) electrons. The number of rotatable bonds is 2. The zero-order valence-electron chi connectivity index (χ0n) is 13.5. The van der Waals surface area contributed by atoms with E-state index in [2.05, 4.69) is 6.92 Å². The van der Waals surface area contributed by atoms with Crippen LogP contribution in [-0.2, 0) is 25.3 Å². The molecule has 1 atom stereocenters. The third-order valence-electron chi connectivity index (χ3n) is 4.70. The molecule has 22 heavy (non-hydrogen) atoms. The van der Waals surface area contributed by atoms with Crippen LogP contribution in [0.25, 0.3) is 11.0 Å². The molecule has 5 nitrogen and oxygen atoms in total. The van der Waals surface area contributed by atoms with Crippen LogP contribution in [0, 0.1) is 5.92 Å². The molecule has 0 bridgehead atoms. The van der Waals surface area contributed by atoms with E-state index in [1.807, 2.05) is 23.1 Å². The summed E-state index contributed by atoms with van der Waals surface area (Å²) in [6.07, 6.45) is 2.72. The molecule has 1 aliphatic rings. The average molecular weight is 301 g/mol. The van der Waals surface area contributed by atoms with Crippen molar-refractivity contribution in [1.29, 1.82) is 0 Å². The van der Waals surface area contributed by atoms with Crippen molar-refractivity contribution in [3.63, 3.8) is 0 Å². The molecule has 1 aliphatic heterocycles. The van der Waals surface area contributed by atoms with Crippen molar-refractivity contribution in [2.45, 2.75) is 26.2 Å². The van der Waals surface area contributed by atoms with Crippen LogP contribution in [-0.4, -0.2) is 33.0 Å². The summed E-state index contributed by atoms with van der Waals surface area (Å²) >= 11 is 0. The van der Waals surface area contributed by atoms with E-state index in [1.165, 1.54) is 6.42 Å². The summed E-state index contributed by atoms with van der Waals surface area (Å²) in [7, 11) is 3.53. The van der Waals surface area contributed by atoms with Gasteiger partial charge in [0.1, 0.15) is 0 Å². The molecule has 0 aliphatic carbocycles. The fourth-order valence-electron chi connectivity index (χ4n) is 3.36. The van der Waals surface area contributed by atoms with E-state index in [4.69, 9.17) is 0 Å². The van der Waals surface area contributed by atoms with E-state index in [-0.39, 0.29) is 11.6 Å². The van der Waals surface area contributed by atoms with Crippen LogP contribution in [0.1, 0.15) is 25.3 Å². The summed E-state index contributed by atoms with van der Waals surface area (Å²) in [5.41, 5.74) is 2.71. The average Bonchev–Trinajstić information content (AvgIpc) is 2.72. The molecule has 2 aromatic rings. The van der Waals surface area contributed by atoms with Gasteiger partial charge in [-0.1, -0.05) is 13.0 Å². The van der Waals surface area contributed by atoms with E-state index in [9.17, 15) is 9.59 Å². The summed E-state index contributed by atoms with van der Waals surface area (Å²) in [6.45, 7) is 3.94. The number of benzene rings is 1. The van der Waals surface area contributed by atoms with Gasteiger partial charge in [-0.15, -0.1) is 0 Å². The molecule has 1 saturated heterocycles. The Balaban J connectivity index is 1.83. The Hall–Kier alpha value is -2.04. The van der Waals surface area contributed by atoms with Crippen molar-refractivity contribution in [2.75, 3.05) is 13.1 Å². The first-order chi connectivity index (χ1) is 10.5. The second-order valence-electron chi connectivity index (χ2n) is 6.49. The van der Waals surface area contributed by atoms with Gasteiger partial charge < -0.3 is 4.90 Å². The Morgan fingerprint density at radius 2 is 1.95 bits per heavy atom. The number of imidazole rings is 1. The molecule has 1 unspecified atom stereocenters. The number of aromatic nitrogens is 2. The third-order valence-corrected chi connectivity index (χ3v) is 4.70. The van der Waals surface area contributed by atoms with Gasteiger partial charge in [-0.25, -0.2) is 4.79 Å². The first kappa shape index (κ1) is 14.9. The summed E-state index contributed by atoms with van der Waals surface area (Å²) in [4.78, 5) is 26.4. The van der Waals surface area contributed by atoms with Crippen LogP contribution >= 0.6 is 0 Å². The topological polar surface area (TPSA) is 47.2 Å². The smallest absolute Gasteiger partial charge is 0.328 e. The van der Waals surface area contributed by atoms with Gasteiger partial charge in [0, 0.05) is 27.2 Å². The minimum atomic E-state index is -0.0386. The van der Waals surface area contributed by atoms with Gasteiger partial charge in [0.25, 0.3) is 0 Å². The molecule has 1 amide bonds. The van der Waals surface area contributed by atoms with Crippen molar-refractivity contribution in [1.82, 2.24) is 14.0 Å². The van der Waals surface area contributed by atoms with E-state index in [1.54, 1.807) is 23.2 Å². The monoisotopic (exact) mass is 301 g/mol. The predicted molar refractivity (Wildman–Crippen MR) is 86.8 cm³/mol. The molecule has 0 N–H and O–H groups in total. The summed E-state index contributed by atoms with van der Waals surface area (Å²) < 4.78 is 3.26. The maximum Gasteiger partial charge on any atom is 0.328 e. The van der Waals surface area contributed by atoms with Crippen molar-refractivity contribution in [3.8, 4) is 0 Å². The SMILES string of the molecule is CC1CCCN(C(=O)Cc2ccc3c(c2)n(C)c(=O)n3C)C1. The lowest BCUT2D eigenvalue weighted by atomic mass is 9.99. The number of fused-ring (bicyclic) bond motifs is 1. The summed E-state index contributed by atoms with van der Waals surface area (Å²) in [6, 6.07) is 5.84. The molecule has 118 valence electrons. The van der Waals surface area contributed by atoms with Gasteiger partial charge in [0.05, 0.1) is 17.5 Å². The Labute approximate surface area is 130 Å². The number of amides is 1. The highest BCUT2D eigenvalue weighted by molar-refractivity contribution is 5.82. The highest BCUT2D eigenvalue weighted by Crippen LogP contribution is 2.18. The first-order valence-corrected chi connectivity index (χ1v) is 7.89. The Bertz CT molecular complexity index is 772. The number of piperidine rings is 1. The molecule has 0 spiro atoms. The largest absolute Gasteiger partial charge is 0.342 e. The van der Waals surface area contributed by atoms with Crippen LogP contribution in [0.3, 0.4) is 0 Å². The van der Waals surface area contributed by atoms with Crippen LogP contribution in [0.4, 0.5) is 0 Å². The zero-order valence-corrected chi connectivity index (χ0v) is 13.5. The van der Waals surface area contributed by atoms with E-state index < -0.39 is 0 Å². The highest BCUT2D eigenvalue weighted by Gasteiger charge is 2.21. The molecular formula is C17H23N3O2. The van der Waals surface area contributed by atoms with Gasteiger partial charge in [-0.05, 0) is 36.5 Å². The lowest BCUT2D eigenvalue weighted by Gasteiger charge is -2.31. The maximum atomic E-state index is 12.5. The van der Waals surface area contributed by atoms with Crippen LogP contribution in [0.2, 0.25) is 0 Å². The van der Waals surface area contributed by atoms with Gasteiger partial charge in [0.2, 0.25) is 5.91 Å². The molecule has 5 heteroatoms. The number of carbonyl (C=O) groups is 1. The number of aryl methyl sites for hydroxylation is 2. The van der Waals surface area contributed by atoms with Gasteiger partial charge >= 0.3 is 5.69 Å². The number of nitrogens with zero attached hydrogens (tertiary/aromatic N) is 3. The van der Waals surface area contributed by atoms with Crippen LogP contribution < -0.4 is 5.69 Å². The quantitative estimate of drug-likeness (QED) is 0.847. The highest BCUT2D eigenvalue weighted by atomic mass is 16.2. The third kappa shape index (κ3) is 2.56. The molecule has 1 fully saturated rings. The first-order valence-electron chi connectivity index (χ1n) is 7.89. The predicted octanol–water partition coefficient (Wildman–Crippen LogP) is 1.68. The van der Waals surface area contributed by atoms with Gasteiger partial charge in [-0.3, -0.25) is 13.9 Å². The van der Waals surface area contributed by atoms with Crippen molar-refractivity contribution >= 4 is 16.9 Å². The molecule has 3 rings (SSSR count). The Morgan fingerprint density at radius 1 is 1.23 bits per heavy atom. The number of hydrogen-bond donors (Lipinski definition) is 0. The summed E-state index contributed by atoms with van der Waals surface area (Å²) in [5, 5.41) is 0. The van der Waals surface area contributed by atoms with Crippen LogP contribution in [0.5, 0.6) is 0 Å². The van der Waals surface area contributed by atoms with Crippen molar-refractivity contribution in [3.05, 3.63) is 34.2 Å². The Kier molecular flexibility index (Phi) is 3.81. The summed E-state index contributed by atoms with van der Waals surface area (Å²) in [5.74, 6) is 0.780. The number of likely N-dealkylation sites (tertiary alicyclic amines) is 1. The Morgan fingerprint density at radius 3 is 2.68 bits per heavy atom. The van der Waals surface area contributed by atoms with E-state index in [0.717, 1.165) is 36.1 Å². The lowest BCUT2D eigenvalue weighted by molar-refractivity contribution is -0.132. The molecule has 0 saturated carbocycles. The maximum absolute atomic E-state index is 12.5. The number of hydrogen-bond acceptors (Lipinski definition) is 2. The van der Waals surface area contributed by atoms with Crippen molar-refractivity contribution in [2.24, 2.45) is 20.0 Å². The molecule has 1 aromatic heterocycles. The minimum absolute atomic E-state index is 0.0386. The molecule has 1 aromatic carbocycles. The fraction of sp³-hybridized carbons (Fsp3) is 0.529. The van der Waals surface area contributed by atoms with E-state index in [0.29, 0.717) is 12.3 Å². The second kappa shape index (κ2) is 5.63. The minimum Gasteiger partial charge on any atom is -0.342 e. The lowest BCUT2D eigenvalue weighted by Crippen LogP contribution is -2.39. The molecular weight excluding hydrogens is 278 g/mol. The standard InChI is InChI=1S/C17H23N3O2/c1-12-5-4-8-20(11-12)16(21)10-13-6-7-14-15(9-13)19(3)17(22)18(14)2/h6-7,9,12H,4-5,8,10-11H2,1-3H3. The molecule has 2 heterocycles. The zero-order chi connectivity index (χ0) is 15.9. The normalized spacial score (nSPS) is 18.9. The van der Waals surface area contributed by atoms with Crippen molar-refractivity contribution < 1.29 is 4.79 Å². The fourth-order valence-corrected chi connectivity index (χ4v) is 3.36. The van der Waals surface area contributed by atoms with Crippen LogP contribution in [0.15, 0.2) is 23.0 Å². The van der Waals surface area contributed by atoms with Gasteiger partial charge in [0.15, 0.2) is 0 Å². The van der Waals surface area contributed by atoms with E-state index >= 15 is 0 Å².